The zero-order valence-electron chi connectivity index (χ0n) is 22.4. The molecule has 1 saturated heterocycles. The standard InChI is InChI=1S/C27H32FN5O6S/c1-32(40(2,37)38)26-17(6-3-4-8-22(34)33-13-5-7-20(33)24(29)35)15-19-23(25(30)36)21(39-27(19)31-26)14-16-9-11-18(28)12-10-16/h9-12,15,20H,3-8,13-14H2,1-2H3,(H2,29,35)(H2,30,36). The molecule has 0 bridgehead atoms. The number of carbonyl (C=O) groups is 3. The third-order valence-electron chi connectivity index (χ3n) is 7.12. The molecular formula is C27H32FN5O6S. The molecule has 0 radical (unpaired) electrons. The van der Waals surface area contributed by atoms with Crippen LogP contribution in [0, 0.1) is 5.82 Å². The number of furan rings is 1. The zero-order chi connectivity index (χ0) is 29.2. The van der Waals surface area contributed by atoms with Gasteiger partial charge >= 0.3 is 0 Å². The number of unbranched alkanes of at least 4 members (excludes halogenated alkanes) is 1. The van der Waals surface area contributed by atoms with Gasteiger partial charge in [0.2, 0.25) is 27.6 Å². The van der Waals surface area contributed by atoms with Crippen LogP contribution in [0.5, 0.6) is 0 Å². The number of hydrogen-bond acceptors (Lipinski definition) is 7. The zero-order valence-corrected chi connectivity index (χ0v) is 23.2. The average Bonchev–Trinajstić information content (AvgIpc) is 3.51. The lowest BCUT2D eigenvalue weighted by Crippen LogP contribution is -2.43. The number of hydrogen-bond donors (Lipinski definition) is 2. The van der Waals surface area contributed by atoms with Gasteiger partial charge < -0.3 is 20.8 Å². The summed E-state index contributed by atoms with van der Waals surface area (Å²) in [6.07, 6.45) is 4.01. The van der Waals surface area contributed by atoms with Gasteiger partial charge in [-0.2, -0.15) is 4.98 Å². The Bertz CT molecular complexity index is 1550. The summed E-state index contributed by atoms with van der Waals surface area (Å²) < 4.78 is 45.0. The molecule has 11 nitrogen and oxygen atoms in total. The second-order valence-corrected chi connectivity index (χ2v) is 12.0. The molecule has 2 aromatic heterocycles. The number of nitrogens with zero attached hydrogens (tertiary/aromatic N) is 3. The molecule has 4 N–H and O–H groups in total. The fourth-order valence-electron chi connectivity index (χ4n) is 5.00. The van der Waals surface area contributed by atoms with Gasteiger partial charge in [0, 0.05) is 26.4 Å². The first-order chi connectivity index (χ1) is 18.9. The van der Waals surface area contributed by atoms with Gasteiger partial charge in [0.25, 0.3) is 5.91 Å². The molecular weight excluding hydrogens is 541 g/mol. The summed E-state index contributed by atoms with van der Waals surface area (Å²) in [5.74, 6) is -1.45. The SMILES string of the molecule is CN(c1nc2oc(Cc3ccc(F)cc3)c(C(N)=O)c2cc1CCCCC(=O)N1CCCC1C(N)=O)S(C)(=O)=O. The van der Waals surface area contributed by atoms with Crippen LogP contribution in [-0.4, -0.2) is 61.9 Å². The highest BCUT2D eigenvalue weighted by molar-refractivity contribution is 7.92. The van der Waals surface area contributed by atoms with E-state index in [0.717, 1.165) is 17.0 Å². The van der Waals surface area contributed by atoms with Gasteiger partial charge in [-0.05, 0) is 61.4 Å². The Labute approximate surface area is 231 Å². The van der Waals surface area contributed by atoms with E-state index in [1.54, 1.807) is 18.2 Å². The second kappa shape index (κ2) is 11.6. The predicted molar refractivity (Wildman–Crippen MR) is 146 cm³/mol. The van der Waals surface area contributed by atoms with Crippen LogP contribution >= 0.6 is 0 Å². The normalized spacial score (nSPS) is 15.5. The van der Waals surface area contributed by atoms with E-state index < -0.39 is 33.7 Å². The lowest BCUT2D eigenvalue weighted by atomic mass is 10.0. The van der Waals surface area contributed by atoms with Crippen LogP contribution < -0.4 is 15.8 Å². The molecule has 0 aliphatic carbocycles. The Balaban J connectivity index is 1.61. The van der Waals surface area contributed by atoms with Crippen LogP contribution in [0.15, 0.2) is 34.7 Å². The van der Waals surface area contributed by atoms with Gasteiger partial charge in [-0.1, -0.05) is 12.1 Å². The number of sulfonamides is 1. The van der Waals surface area contributed by atoms with Gasteiger partial charge in [-0.3, -0.25) is 18.7 Å². The van der Waals surface area contributed by atoms with Crippen LogP contribution in [0.1, 0.15) is 59.3 Å². The van der Waals surface area contributed by atoms with Crippen molar-refractivity contribution in [2.75, 3.05) is 24.2 Å². The van der Waals surface area contributed by atoms with E-state index in [1.807, 2.05) is 0 Å². The van der Waals surface area contributed by atoms with Crippen molar-refractivity contribution in [2.24, 2.45) is 11.5 Å². The van der Waals surface area contributed by atoms with Crippen LogP contribution in [-0.2, 0) is 32.5 Å². The number of rotatable bonds is 11. The number of likely N-dealkylation sites (tertiary alicyclic amines) is 1. The van der Waals surface area contributed by atoms with Crippen LogP contribution in [0.2, 0.25) is 0 Å². The predicted octanol–water partition coefficient (Wildman–Crippen LogP) is 2.24. The average molecular weight is 574 g/mol. The van der Waals surface area contributed by atoms with Crippen LogP contribution in [0.3, 0.4) is 0 Å². The first-order valence-electron chi connectivity index (χ1n) is 12.9. The van der Waals surface area contributed by atoms with E-state index in [9.17, 15) is 27.2 Å². The summed E-state index contributed by atoms with van der Waals surface area (Å²) in [5, 5.41) is 0.336. The molecule has 3 amide bonds. The fraction of sp³-hybridized carbons (Fsp3) is 0.407. The largest absolute Gasteiger partial charge is 0.441 e. The molecule has 0 saturated carbocycles. The molecule has 214 valence electrons. The number of halogens is 1. The summed E-state index contributed by atoms with van der Waals surface area (Å²) in [6.45, 7) is 0.493. The summed E-state index contributed by atoms with van der Waals surface area (Å²) >= 11 is 0. The number of aryl methyl sites for hydroxylation is 1. The van der Waals surface area contributed by atoms with E-state index >= 15 is 0 Å². The summed E-state index contributed by atoms with van der Waals surface area (Å²) in [7, 11) is -2.32. The number of pyridine rings is 1. The summed E-state index contributed by atoms with van der Waals surface area (Å²) in [5.41, 5.74) is 12.5. The molecule has 1 aliphatic heterocycles. The smallest absolute Gasteiger partial charge is 0.252 e. The molecule has 1 aromatic carbocycles. The summed E-state index contributed by atoms with van der Waals surface area (Å²) in [6, 6.07) is 6.77. The lowest BCUT2D eigenvalue weighted by Gasteiger charge is -2.22. The third-order valence-corrected chi connectivity index (χ3v) is 8.29. The maximum Gasteiger partial charge on any atom is 0.252 e. The third kappa shape index (κ3) is 6.24. The van der Waals surface area contributed by atoms with Gasteiger partial charge in [0.1, 0.15) is 23.4 Å². The molecule has 13 heteroatoms. The molecule has 1 fully saturated rings. The van der Waals surface area contributed by atoms with Crippen molar-refractivity contribution in [3.63, 3.8) is 0 Å². The second-order valence-electron chi connectivity index (χ2n) is 9.98. The maximum absolute atomic E-state index is 13.4. The highest BCUT2D eigenvalue weighted by atomic mass is 32.2. The minimum atomic E-state index is -3.69. The van der Waals surface area contributed by atoms with Crippen molar-refractivity contribution in [3.8, 4) is 0 Å². The van der Waals surface area contributed by atoms with E-state index in [4.69, 9.17) is 15.9 Å². The van der Waals surface area contributed by atoms with Gasteiger partial charge in [0.15, 0.2) is 0 Å². The molecule has 4 rings (SSSR count). The molecule has 40 heavy (non-hydrogen) atoms. The van der Waals surface area contributed by atoms with Gasteiger partial charge in [0.05, 0.1) is 17.2 Å². The van der Waals surface area contributed by atoms with Crippen LogP contribution in [0.25, 0.3) is 11.1 Å². The Morgan fingerprint density at radius 1 is 1.18 bits per heavy atom. The van der Waals surface area contributed by atoms with Crippen molar-refractivity contribution in [1.82, 2.24) is 9.88 Å². The van der Waals surface area contributed by atoms with E-state index in [0.29, 0.717) is 48.7 Å². The van der Waals surface area contributed by atoms with Crippen molar-refractivity contribution < 1.29 is 31.6 Å². The molecule has 3 aromatic rings. The fourth-order valence-corrected chi connectivity index (χ4v) is 5.47. The first kappa shape index (κ1) is 29.0. The minimum absolute atomic E-state index is 0.0434. The van der Waals surface area contributed by atoms with Gasteiger partial charge in [-0.25, -0.2) is 12.8 Å². The maximum atomic E-state index is 13.4. The van der Waals surface area contributed by atoms with Crippen LogP contribution in [0.4, 0.5) is 10.2 Å². The number of primary amides is 2. The van der Waals surface area contributed by atoms with Crippen molar-refractivity contribution in [1.29, 1.82) is 0 Å². The number of aromatic nitrogens is 1. The Morgan fingerprint density at radius 3 is 2.50 bits per heavy atom. The molecule has 0 spiro atoms. The highest BCUT2D eigenvalue weighted by Gasteiger charge is 2.32. The quantitative estimate of drug-likeness (QED) is 0.331. The number of nitrogens with two attached hydrogens (primary N) is 2. The Hall–Kier alpha value is -4.00. The van der Waals surface area contributed by atoms with Crippen molar-refractivity contribution >= 4 is 44.7 Å². The lowest BCUT2D eigenvalue weighted by molar-refractivity contribution is -0.137. The highest BCUT2D eigenvalue weighted by Crippen LogP contribution is 2.32. The number of fused-ring (bicyclic) bond motifs is 1. The Kier molecular flexibility index (Phi) is 8.43. The first-order valence-corrected chi connectivity index (χ1v) is 14.7. The molecule has 1 unspecified atom stereocenters. The van der Waals surface area contributed by atoms with E-state index in [2.05, 4.69) is 4.98 Å². The Morgan fingerprint density at radius 2 is 1.88 bits per heavy atom. The van der Waals surface area contributed by atoms with Gasteiger partial charge in [-0.15, -0.1) is 0 Å². The van der Waals surface area contributed by atoms with Crippen molar-refractivity contribution in [2.45, 2.75) is 51.0 Å². The summed E-state index contributed by atoms with van der Waals surface area (Å²) in [4.78, 5) is 42.7. The molecule has 1 atom stereocenters. The minimum Gasteiger partial charge on any atom is -0.441 e. The van der Waals surface area contributed by atoms with E-state index in [1.165, 1.54) is 24.1 Å². The molecule has 1 aliphatic rings. The molecule has 3 heterocycles. The van der Waals surface area contributed by atoms with Crippen molar-refractivity contribution in [3.05, 3.63) is 58.6 Å². The van der Waals surface area contributed by atoms with E-state index in [-0.39, 0.29) is 41.6 Å². The number of anilines is 1. The number of benzene rings is 1. The number of amides is 3. The number of carbonyl (C=O) groups excluding carboxylic acids is 3. The monoisotopic (exact) mass is 573 g/mol. The topological polar surface area (TPSA) is 170 Å².